The van der Waals surface area contributed by atoms with Gasteiger partial charge in [0.25, 0.3) is 0 Å². The van der Waals surface area contributed by atoms with Gasteiger partial charge in [-0.1, -0.05) is 71.4 Å². The number of thiophene rings is 1. The van der Waals surface area contributed by atoms with Crippen LogP contribution >= 0.6 is 46.3 Å². The van der Waals surface area contributed by atoms with Crippen LogP contribution in [0, 0.1) is 0 Å². The SMILES string of the molecule is O=C(CSc1nnc(-c2cccs2)n1Cc1ccccc1)Nc1ccc(Cl)cc1Cl. The summed E-state index contributed by atoms with van der Waals surface area (Å²) in [6.45, 7) is 0.619. The fourth-order valence-corrected chi connectivity index (χ4v) is 4.71. The fraction of sp³-hybridized carbons (Fsp3) is 0.0952. The van der Waals surface area contributed by atoms with Crippen LogP contribution in [0.25, 0.3) is 10.7 Å². The number of thioether (sulfide) groups is 1. The third-order valence-electron chi connectivity index (χ3n) is 4.18. The van der Waals surface area contributed by atoms with Gasteiger partial charge >= 0.3 is 0 Å². The van der Waals surface area contributed by atoms with E-state index in [1.807, 2.05) is 40.3 Å². The van der Waals surface area contributed by atoms with Crippen LogP contribution in [0.5, 0.6) is 0 Å². The summed E-state index contributed by atoms with van der Waals surface area (Å²) in [5.74, 6) is 0.782. The summed E-state index contributed by atoms with van der Waals surface area (Å²) in [5, 5.41) is 15.1. The molecular formula is C21H16Cl2N4OS2. The van der Waals surface area contributed by atoms with E-state index >= 15 is 0 Å². The van der Waals surface area contributed by atoms with Crippen LogP contribution in [0.2, 0.25) is 10.0 Å². The van der Waals surface area contributed by atoms with Crippen molar-refractivity contribution in [2.45, 2.75) is 11.7 Å². The van der Waals surface area contributed by atoms with Crippen molar-refractivity contribution < 1.29 is 4.79 Å². The molecule has 0 spiro atoms. The van der Waals surface area contributed by atoms with Gasteiger partial charge in [-0.25, -0.2) is 0 Å². The average molecular weight is 475 g/mol. The van der Waals surface area contributed by atoms with Gasteiger partial charge in [-0.3, -0.25) is 9.36 Å². The summed E-state index contributed by atoms with van der Waals surface area (Å²) in [6.07, 6.45) is 0. The number of aromatic nitrogens is 3. The van der Waals surface area contributed by atoms with E-state index in [0.717, 1.165) is 16.3 Å². The lowest BCUT2D eigenvalue weighted by molar-refractivity contribution is -0.113. The molecule has 4 rings (SSSR count). The number of hydrogen-bond acceptors (Lipinski definition) is 5. The zero-order chi connectivity index (χ0) is 20.9. The van der Waals surface area contributed by atoms with E-state index in [0.29, 0.717) is 27.4 Å². The van der Waals surface area contributed by atoms with Crippen molar-refractivity contribution in [3.63, 3.8) is 0 Å². The Bertz CT molecular complexity index is 1150. The smallest absolute Gasteiger partial charge is 0.234 e. The van der Waals surface area contributed by atoms with E-state index in [2.05, 4.69) is 27.6 Å². The summed E-state index contributed by atoms with van der Waals surface area (Å²) in [6, 6.07) is 19.1. The van der Waals surface area contributed by atoms with Gasteiger partial charge in [0.15, 0.2) is 11.0 Å². The molecule has 0 saturated heterocycles. The molecule has 2 aromatic heterocycles. The zero-order valence-electron chi connectivity index (χ0n) is 15.6. The van der Waals surface area contributed by atoms with Crippen LogP contribution in [-0.2, 0) is 11.3 Å². The number of nitrogens with zero attached hydrogens (tertiary/aromatic N) is 3. The number of anilines is 1. The monoisotopic (exact) mass is 474 g/mol. The molecule has 0 aliphatic rings. The van der Waals surface area contributed by atoms with Crippen LogP contribution in [0.3, 0.4) is 0 Å². The predicted molar refractivity (Wildman–Crippen MR) is 125 cm³/mol. The zero-order valence-corrected chi connectivity index (χ0v) is 18.7. The molecule has 0 saturated carbocycles. The lowest BCUT2D eigenvalue weighted by atomic mass is 10.2. The molecule has 2 heterocycles. The van der Waals surface area contributed by atoms with Gasteiger partial charge in [0, 0.05) is 5.02 Å². The topological polar surface area (TPSA) is 59.8 Å². The van der Waals surface area contributed by atoms with Crippen LogP contribution in [0.15, 0.2) is 71.2 Å². The van der Waals surface area contributed by atoms with Gasteiger partial charge in [-0.05, 0) is 35.2 Å². The first-order chi connectivity index (χ1) is 14.6. The molecule has 9 heteroatoms. The summed E-state index contributed by atoms with van der Waals surface area (Å²) in [7, 11) is 0. The molecule has 2 aromatic carbocycles. The number of hydrogen-bond donors (Lipinski definition) is 1. The molecule has 4 aromatic rings. The molecule has 0 radical (unpaired) electrons. The van der Waals surface area contributed by atoms with E-state index in [9.17, 15) is 4.79 Å². The van der Waals surface area contributed by atoms with E-state index < -0.39 is 0 Å². The Labute approximate surface area is 192 Å². The number of nitrogens with one attached hydrogen (secondary N) is 1. The van der Waals surface area contributed by atoms with Crippen LogP contribution in [0.1, 0.15) is 5.56 Å². The third-order valence-corrected chi connectivity index (χ3v) is 6.56. The molecule has 152 valence electrons. The average Bonchev–Trinajstić information content (AvgIpc) is 3.39. The van der Waals surface area contributed by atoms with E-state index in [1.54, 1.807) is 29.5 Å². The van der Waals surface area contributed by atoms with Crippen molar-refractivity contribution in [1.82, 2.24) is 14.8 Å². The Hall–Kier alpha value is -2.32. The lowest BCUT2D eigenvalue weighted by Crippen LogP contribution is -2.15. The molecule has 0 fully saturated rings. The maximum Gasteiger partial charge on any atom is 0.234 e. The highest BCUT2D eigenvalue weighted by molar-refractivity contribution is 7.99. The minimum Gasteiger partial charge on any atom is -0.324 e. The fourth-order valence-electron chi connectivity index (χ4n) is 2.80. The molecule has 1 N–H and O–H groups in total. The van der Waals surface area contributed by atoms with Crippen LogP contribution < -0.4 is 5.32 Å². The number of halogens is 2. The normalized spacial score (nSPS) is 10.9. The van der Waals surface area contributed by atoms with E-state index in [4.69, 9.17) is 23.2 Å². The predicted octanol–water partition coefficient (Wildman–Crippen LogP) is 6.09. The largest absolute Gasteiger partial charge is 0.324 e. The molecule has 0 bridgehead atoms. The molecule has 5 nitrogen and oxygen atoms in total. The first-order valence-corrected chi connectivity index (χ1v) is 11.6. The summed E-state index contributed by atoms with van der Waals surface area (Å²) in [5.41, 5.74) is 1.66. The minimum atomic E-state index is -0.184. The van der Waals surface area contributed by atoms with E-state index in [1.165, 1.54) is 11.8 Å². The van der Waals surface area contributed by atoms with Crippen LogP contribution in [0.4, 0.5) is 5.69 Å². The standard InChI is InChI=1S/C21H16Cl2N4OS2/c22-15-8-9-17(16(23)11-15)24-19(28)13-30-21-26-25-20(18-7-4-10-29-18)27(21)12-14-5-2-1-3-6-14/h1-11H,12-13H2,(H,24,28). The Morgan fingerprint density at radius 1 is 1.07 bits per heavy atom. The van der Waals surface area contributed by atoms with Crippen molar-refractivity contribution in [2.75, 3.05) is 11.1 Å². The lowest BCUT2D eigenvalue weighted by Gasteiger charge is -2.10. The minimum absolute atomic E-state index is 0.177. The molecule has 0 unspecified atom stereocenters. The second kappa shape index (κ2) is 9.66. The van der Waals surface area contributed by atoms with Gasteiger partial charge in [0.05, 0.1) is 27.9 Å². The Kier molecular flexibility index (Phi) is 6.74. The van der Waals surface area contributed by atoms with Gasteiger partial charge in [-0.15, -0.1) is 21.5 Å². The van der Waals surface area contributed by atoms with Crippen molar-refractivity contribution in [2.24, 2.45) is 0 Å². The van der Waals surface area contributed by atoms with Gasteiger partial charge in [0.2, 0.25) is 5.91 Å². The quantitative estimate of drug-likeness (QED) is 0.329. The second-order valence-corrected chi connectivity index (χ2v) is 9.05. The highest BCUT2D eigenvalue weighted by Crippen LogP contribution is 2.29. The number of benzene rings is 2. The van der Waals surface area contributed by atoms with Crippen molar-refractivity contribution in [3.8, 4) is 10.7 Å². The van der Waals surface area contributed by atoms with Crippen molar-refractivity contribution in [1.29, 1.82) is 0 Å². The van der Waals surface area contributed by atoms with Gasteiger partial charge in [0.1, 0.15) is 0 Å². The number of carbonyl (C=O) groups is 1. The Morgan fingerprint density at radius 2 is 1.90 bits per heavy atom. The van der Waals surface area contributed by atoms with E-state index in [-0.39, 0.29) is 11.7 Å². The second-order valence-electron chi connectivity index (χ2n) is 6.32. The summed E-state index contributed by atoms with van der Waals surface area (Å²) in [4.78, 5) is 13.5. The third kappa shape index (κ3) is 5.05. The molecule has 0 atom stereocenters. The Morgan fingerprint density at radius 3 is 2.63 bits per heavy atom. The highest BCUT2D eigenvalue weighted by Gasteiger charge is 2.17. The molecule has 1 amide bonds. The highest BCUT2D eigenvalue weighted by atomic mass is 35.5. The molecule has 0 aliphatic heterocycles. The van der Waals surface area contributed by atoms with Crippen molar-refractivity contribution in [3.05, 3.63) is 81.7 Å². The maximum absolute atomic E-state index is 12.4. The molecule has 0 aliphatic carbocycles. The van der Waals surface area contributed by atoms with Gasteiger partial charge in [-0.2, -0.15) is 0 Å². The van der Waals surface area contributed by atoms with Crippen molar-refractivity contribution >= 4 is 57.9 Å². The number of rotatable bonds is 7. The summed E-state index contributed by atoms with van der Waals surface area (Å²) < 4.78 is 2.04. The Balaban J connectivity index is 1.51. The maximum atomic E-state index is 12.4. The molecule has 30 heavy (non-hydrogen) atoms. The first-order valence-electron chi connectivity index (χ1n) is 8.99. The molecular weight excluding hydrogens is 459 g/mol. The summed E-state index contributed by atoms with van der Waals surface area (Å²) >= 11 is 15.0. The number of carbonyl (C=O) groups excluding carboxylic acids is 1. The van der Waals surface area contributed by atoms with Crippen LogP contribution in [-0.4, -0.2) is 26.4 Å². The number of amides is 1. The first kappa shape index (κ1) is 20.9. The van der Waals surface area contributed by atoms with Gasteiger partial charge < -0.3 is 5.32 Å².